The molecule has 0 saturated heterocycles. The molecule has 0 aliphatic carbocycles. The Labute approximate surface area is 507 Å². The Balaban J connectivity index is 4.65. The lowest BCUT2D eigenvalue weighted by Crippen LogP contribution is -2.30. The summed E-state index contributed by atoms with van der Waals surface area (Å²) in [4.78, 5) is 38.3. The first kappa shape index (κ1) is 76.5. The van der Waals surface area contributed by atoms with Gasteiger partial charge in [0.05, 0.1) is 0 Å². The minimum atomic E-state index is -0.862. The molecule has 0 fully saturated rings. The van der Waals surface area contributed by atoms with Gasteiger partial charge in [-0.25, -0.2) is 0 Å². The van der Waals surface area contributed by atoms with Gasteiger partial charge >= 0.3 is 17.9 Å². The van der Waals surface area contributed by atoms with Gasteiger partial charge in [0.25, 0.3) is 0 Å². The fourth-order valence-electron chi connectivity index (χ4n) is 7.49. The first-order valence-electron chi connectivity index (χ1n) is 31.9. The SMILES string of the molecule is CC/C=C\C/C=C\C/C=C\C/C=C\C/C=C\C/C=C\C/C=C\C/C=C\CCCCC(=O)OCC(COC(=O)CCCC/C=C\C/C=C\C/C=C\C/C=C\CC)OC(=O)CCC/C=C\C/C=C\C/C=C\C/C=C\C/C=C\C/C=C\C/C=C\CC. The summed E-state index contributed by atoms with van der Waals surface area (Å²) < 4.78 is 16.8. The minimum absolute atomic E-state index is 0.152. The van der Waals surface area contributed by atoms with Crippen molar-refractivity contribution in [2.75, 3.05) is 13.2 Å². The van der Waals surface area contributed by atoms with Gasteiger partial charge in [-0.3, -0.25) is 14.4 Å². The van der Waals surface area contributed by atoms with E-state index in [-0.39, 0.29) is 44.4 Å². The van der Waals surface area contributed by atoms with E-state index >= 15 is 0 Å². The summed E-state index contributed by atoms with van der Waals surface area (Å²) in [7, 11) is 0. The number of allylic oxidation sites excluding steroid dienone is 38. The standard InChI is InChI=1S/C77H112O6/c1-4-7-10-13-16-19-22-25-28-30-32-34-36-37-38-39-41-42-44-46-49-52-55-58-61-64-67-70-76(79)82-73-74(72-81-75(78)69-66-63-60-57-54-51-48-27-24-21-18-15-12-9-6-3)83-77(80)71-68-65-62-59-56-53-50-47-45-43-40-35-33-31-29-26-23-20-17-14-11-8-5-2/h7-12,16-21,25-29,32-35,37-38,41-43,45-46,48-50,53-55,57-59,62,74H,4-6,13-15,22-24,30-31,36,39-40,44,47,51-52,56,60-61,63-73H2,1-3H3/b10-7-,11-8-,12-9-,19-16-,20-17-,21-18-,28-25-,29-26-,34-32-,35-33-,38-37-,42-41-,45-43-,48-27-,49-46-,53-50-,57-54-,58-55-,62-59-. The van der Waals surface area contributed by atoms with Crippen molar-refractivity contribution in [2.24, 2.45) is 0 Å². The van der Waals surface area contributed by atoms with Gasteiger partial charge in [0.15, 0.2) is 6.10 Å². The molecule has 6 heteroatoms. The molecule has 1 unspecified atom stereocenters. The number of unbranched alkanes of at least 4 members (excludes halogenated alkanes) is 5. The van der Waals surface area contributed by atoms with Crippen molar-refractivity contribution in [3.05, 3.63) is 231 Å². The molecule has 0 heterocycles. The Bertz CT molecular complexity index is 2130. The highest BCUT2D eigenvalue weighted by molar-refractivity contribution is 5.71. The molecule has 0 radical (unpaired) electrons. The lowest BCUT2D eigenvalue weighted by molar-refractivity contribution is -0.167. The third-order valence-electron chi connectivity index (χ3n) is 12.1. The van der Waals surface area contributed by atoms with Crippen LogP contribution < -0.4 is 0 Å². The molecule has 0 aliphatic heterocycles. The summed E-state index contributed by atoms with van der Waals surface area (Å²) in [6.07, 6.45) is 108. The maximum absolute atomic E-state index is 12.9. The minimum Gasteiger partial charge on any atom is -0.462 e. The molecule has 0 aromatic rings. The van der Waals surface area contributed by atoms with Gasteiger partial charge in [-0.1, -0.05) is 252 Å². The fourth-order valence-corrected chi connectivity index (χ4v) is 7.49. The van der Waals surface area contributed by atoms with E-state index in [4.69, 9.17) is 14.2 Å². The van der Waals surface area contributed by atoms with Crippen molar-refractivity contribution in [3.63, 3.8) is 0 Å². The molecule has 456 valence electrons. The lowest BCUT2D eigenvalue weighted by atomic mass is 10.2. The Kier molecular flexibility index (Phi) is 62.6. The van der Waals surface area contributed by atoms with Crippen LogP contribution in [0.4, 0.5) is 0 Å². The van der Waals surface area contributed by atoms with Gasteiger partial charge in [0.2, 0.25) is 0 Å². The third kappa shape index (κ3) is 66.2. The second kappa shape index (κ2) is 68.0. The van der Waals surface area contributed by atoms with Crippen LogP contribution in [-0.4, -0.2) is 37.2 Å². The molecule has 0 bridgehead atoms. The normalized spacial score (nSPS) is 13.7. The summed E-state index contributed by atoms with van der Waals surface area (Å²) in [5.41, 5.74) is 0. The molecule has 0 aromatic carbocycles. The van der Waals surface area contributed by atoms with Crippen LogP contribution in [0.25, 0.3) is 0 Å². The zero-order valence-electron chi connectivity index (χ0n) is 52.1. The predicted octanol–water partition coefficient (Wildman–Crippen LogP) is 22.3. The van der Waals surface area contributed by atoms with Crippen molar-refractivity contribution in [1.29, 1.82) is 0 Å². The highest BCUT2D eigenvalue weighted by Crippen LogP contribution is 2.10. The number of ether oxygens (including phenoxy) is 3. The molecule has 0 rings (SSSR count). The molecule has 0 saturated carbocycles. The Morgan fingerprint density at radius 2 is 0.434 bits per heavy atom. The van der Waals surface area contributed by atoms with Gasteiger partial charge in [-0.05, 0) is 173 Å². The fraction of sp³-hybridized carbons (Fsp3) is 0.468. The van der Waals surface area contributed by atoms with Crippen LogP contribution in [0.1, 0.15) is 213 Å². The number of carbonyl (C=O) groups excluding carboxylic acids is 3. The average molecular weight is 1130 g/mol. The Morgan fingerprint density at radius 1 is 0.241 bits per heavy atom. The Morgan fingerprint density at radius 3 is 0.663 bits per heavy atom. The van der Waals surface area contributed by atoms with E-state index in [2.05, 4.69) is 252 Å². The second-order valence-corrected chi connectivity index (χ2v) is 19.8. The molecule has 0 N–H and O–H groups in total. The van der Waals surface area contributed by atoms with Gasteiger partial charge in [-0.2, -0.15) is 0 Å². The second-order valence-electron chi connectivity index (χ2n) is 19.8. The highest BCUT2D eigenvalue weighted by atomic mass is 16.6. The van der Waals surface area contributed by atoms with Gasteiger partial charge in [-0.15, -0.1) is 0 Å². The lowest BCUT2D eigenvalue weighted by Gasteiger charge is -2.18. The largest absolute Gasteiger partial charge is 0.462 e. The number of rotatable bonds is 54. The maximum atomic E-state index is 12.9. The Hall–Kier alpha value is -6.53. The summed E-state index contributed by atoms with van der Waals surface area (Å²) in [5.74, 6) is -1.11. The van der Waals surface area contributed by atoms with Gasteiger partial charge < -0.3 is 14.2 Å². The monoisotopic (exact) mass is 1130 g/mol. The van der Waals surface area contributed by atoms with E-state index in [1.54, 1.807) is 0 Å². The zero-order chi connectivity index (χ0) is 59.9. The summed E-state index contributed by atoms with van der Waals surface area (Å²) in [5, 5.41) is 0. The average Bonchev–Trinajstić information content (AvgIpc) is 3.49. The van der Waals surface area contributed by atoms with Crippen LogP contribution in [0.2, 0.25) is 0 Å². The van der Waals surface area contributed by atoms with E-state index in [0.29, 0.717) is 19.3 Å². The summed E-state index contributed by atoms with van der Waals surface area (Å²) in [6.45, 7) is 6.15. The molecule has 0 spiro atoms. The van der Waals surface area contributed by atoms with Crippen LogP contribution in [0.3, 0.4) is 0 Å². The maximum Gasteiger partial charge on any atom is 0.306 e. The van der Waals surface area contributed by atoms with Crippen molar-refractivity contribution >= 4 is 17.9 Å². The van der Waals surface area contributed by atoms with E-state index in [1.807, 2.05) is 0 Å². The van der Waals surface area contributed by atoms with Crippen LogP contribution in [0, 0.1) is 0 Å². The topological polar surface area (TPSA) is 78.9 Å². The number of esters is 3. The third-order valence-corrected chi connectivity index (χ3v) is 12.1. The molecule has 83 heavy (non-hydrogen) atoms. The number of carbonyl (C=O) groups is 3. The first-order valence-corrected chi connectivity index (χ1v) is 31.9. The smallest absolute Gasteiger partial charge is 0.306 e. The highest BCUT2D eigenvalue weighted by Gasteiger charge is 2.19. The molecule has 1 atom stereocenters. The zero-order valence-corrected chi connectivity index (χ0v) is 52.1. The molecule has 0 aromatic heterocycles. The van der Waals surface area contributed by atoms with Crippen LogP contribution in [0.5, 0.6) is 0 Å². The van der Waals surface area contributed by atoms with E-state index in [1.165, 1.54) is 0 Å². The molecular weight excluding hydrogens is 1020 g/mol. The van der Waals surface area contributed by atoms with Crippen molar-refractivity contribution in [3.8, 4) is 0 Å². The van der Waals surface area contributed by atoms with E-state index in [0.717, 1.165) is 154 Å². The van der Waals surface area contributed by atoms with Crippen LogP contribution in [0.15, 0.2) is 231 Å². The van der Waals surface area contributed by atoms with Crippen molar-refractivity contribution in [2.45, 2.75) is 219 Å². The van der Waals surface area contributed by atoms with Crippen molar-refractivity contribution in [1.82, 2.24) is 0 Å². The molecule has 0 amide bonds. The summed E-state index contributed by atoms with van der Waals surface area (Å²) in [6, 6.07) is 0. The van der Waals surface area contributed by atoms with Gasteiger partial charge in [0, 0.05) is 19.3 Å². The van der Waals surface area contributed by atoms with Crippen LogP contribution >= 0.6 is 0 Å². The molecular formula is C77H112O6. The number of hydrogen-bond donors (Lipinski definition) is 0. The van der Waals surface area contributed by atoms with Gasteiger partial charge in [0.1, 0.15) is 13.2 Å². The predicted molar refractivity (Wildman–Crippen MR) is 361 cm³/mol. The molecule has 6 nitrogen and oxygen atoms in total. The van der Waals surface area contributed by atoms with E-state index < -0.39 is 12.1 Å². The number of hydrogen-bond acceptors (Lipinski definition) is 6. The quantitative estimate of drug-likeness (QED) is 0.0261. The van der Waals surface area contributed by atoms with E-state index in [9.17, 15) is 14.4 Å². The first-order chi connectivity index (χ1) is 41.0. The molecule has 0 aliphatic rings. The summed E-state index contributed by atoms with van der Waals surface area (Å²) >= 11 is 0. The van der Waals surface area contributed by atoms with Crippen molar-refractivity contribution < 1.29 is 28.6 Å². The van der Waals surface area contributed by atoms with Crippen LogP contribution in [-0.2, 0) is 28.6 Å².